The third-order valence-corrected chi connectivity index (χ3v) is 4.71. The number of carbonyl (C=O) groups is 2. The molecule has 8 heteroatoms. The third kappa shape index (κ3) is 7.74. The van der Waals surface area contributed by atoms with Gasteiger partial charge in [0.05, 0.1) is 37.7 Å². The number of rotatable bonds is 12. The molecular formula is C26H30N4O4. The molecule has 0 saturated carbocycles. The number of hydrogen-bond donors (Lipinski definition) is 4. The zero-order valence-electron chi connectivity index (χ0n) is 19.4. The van der Waals surface area contributed by atoms with Crippen molar-refractivity contribution >= 4 is 34.6 Å². The number of amides is 2. The lowest BCUT2D eigenvalue weighted by molar-refractivity contribution is -0.115. The summed E-state index contributed by atoms with van der Waals surface area (Å²) in [6.07, 6.45) is 0. The number of hydrogen-bond acceptors (Lipinski definition) is 6. The van der Waals surface area contributed by atoms with Crippen molar-refractivity contribution in [2.45, 2.75) is 13.8 Å². The summed E-state index contributed by atoms with van der Waals surface area (Å²) in [6.45, 7) is 5.21. The Morgan fingerprint density at radius 2 is 1.00 bits per heavy atom. The van der Waals surface area contributed by atoms with Gasteiger partial charge in [-0.15, -0.1) is 0 Å². The predicted octanol–water partition coefficient (Wildman–Crippen LogP) is 4.59. The molecule has 0 atom stereocenters. The largest absolute Gasteiger partial charge is 0.494 e. The molecular weight excluding hydrogens is 432 g/mol. The first-order chi connectivity index (χ1) is 16.6. The van der Waals surface area contributed by atoms with Gasteiger partial charge in [0.1, 0.15) is 11.5 Å². The molecule has 0 unspecified atom stereocenters. The fraction of sp³-hybridized carbons (Fsp3) is 0.231. The standard InChI is InChI=1S/C26H30N4O4/c1-3-33-21-13-9-19(10-14-21)27-17-25(31)29-23-7-5-6-8-24(23)30-26(32)18-28-20-11-15-22(16-12-20)34-4-2/h5-16,27-28H,3-4,17-18H2,1-2H3,(H,29,31)(H,30,32). The molecule has 4 N–H and O–H groups in total. The van der Waals surface area contributed by atoms with Crippen LogP contribution in [0, 0.1) is 0 Å². The maximum Gasteiger partial charge on any atom is 0.243 e. The Balaban J connectivity index is 1.49. The highest BCUT2D eigenvalue weighted by Gasteiger charge is 2.10. The number of para-hydroxylation sites is 2. The Bertz CT molecular complexity index is 982. The molecule has 34 heavy (non-hydrogen) atoms. The van der Waals surface area contributed by atoms with E-state index in [9.17, 15) is 9.59 Å². The number of ether oxygens (including phenoxy) is 2. The fourth-order valence-electron chi connectivity index (χ4n) is 3.13. The molecule has 0 aliphatic carbocycles. The smallest absolute Gasteiger partial charge is 0.243 e. The van der Waals surface area contributed by atoms with E-state index < -0.39 is 0 Å². The van der Waals surface area contributed by atoms with Crippen LogP contribution >= 0.6 is 0 Å². The van der Waals surface area contributed by atoms with Gasteiger partial charge in [-0.2, -0.15) is 0 Å². The van der Waals surface area contributed by atoms with Gasteiger partial charge in [-0.1, -0.05) is 12.1 Å². The minimum Gasteiger partial charge on any atom is -0.494 e. The molecule has 178 valence electrons. The molecule has 2 amide bonds. The minimum atomic E-state index is -0.233. The summed E-state index contributed by atoms with van der Waals surface area (Å²) in [4.78, 5) is 24.9. The molecule has 0 bridgehead atoms. The zero-order chi connectivity index (χ0) is 24.2. The van der Waals surface area contributed by atoms with E-state index in [0.717, 1.165) is 22.9 Å². The van der Waals surface area contributed by atoms with E-state index in [1.165, 1.54) is 0 Å². The van der Waals surface area contributed by atoms with Gasteiger partial charge in [-0.05, 0) is 74.5 Å². The van der Waals surface area contributed by atoms with Crippen LogP contribution in [-0.2, 0) is 9.59 Å². The van der Waals surface area contributed by atoms with Crippen LogP contribution < -0.4 is 30.7 Å². The minimum absolute atomic E-state index is 0.0789. The first kappa shape index (κ1) is 24.4. The molecule has 0 fully saturated rings. The van der Waals surface area contributed by atoms with Crippen molar-refractivity contribution in [3.63, 3.8) is 0 Å². The lowest BCUT2D eigenvalue weighted by Crippen LogP contribution is -2.25. The molecule has 8 nitrogen and oxygen atoms in total. The van der Waals surface area contributed by atoms with Crippen LogP contribution in [0.2, 0.25) is 0 Å². The monoisotopic (exact) mass is 462 g/mol. The van der Waals surface area contributed by atoms with Crippen molar-refractivity contribution in [1.82, 2.24) is 0 Å². The van der Waals surface area contributed by atoms with Crippen LogP contribution in [0.4, 0.5) is 22.7 Å². The summed E-state index contributed by atoms with van der Waals surface area (Å²) in [5.41, 5.74) is 2.66. The van der Waals surface area contributed by atoms with E-state index in [4.69, 9.17) is 9.47 Å². The van der Waals surface area contributed by atoms with E-state index >= 15 is 0 Å². The Morgan fingerprint density at radius 3 is 1.35 bits per heavy atom. The van der Waals surface area contributed by atoms with Gasteiger partial charge in [0.15, 0.2) is 0 Å². The Labute approximate surface area is 199 Å². The molecule has 3 aromatic rings. The summed E-state index contributed by atoms with van der Waals surface area (Å²) in [6, 6.07) is 21.8. The number of carbonyl (C=O) groups excluding carboxylic acids is 2. The van der Waals surface area contributed by atoms with Crippen LogP contribution in [0.1, 0.15) is 13.8 Å². The van der Waals surface area contributed by atoms with Crippen molar-refractivity contribution in [1.29, 1.82) is 0 Å². The second kappa shape index (κ2) is 12.7. The quantitative estimate of drug-likeness (QED) is 0.314. The van der Waals surface area contributed by atoms with Crippen molar-refractivity contribution < 1.29 is 19.1 Å². The number of anilines is 4. The van der Waals surface area contributed by atoms with E-state index in [0.29, 0.717) is 24.6 Å². The van der Waals surface area contributed by atoms with Crippen LogP contribution in [0.25, 0.3) is 0 Å². The van der Waals surface area contributed by atoms with Crippen LogP contribution in [-0.4, -0.2) is 38.1 Å². The Kier molecular flexibility index (Phi) is 9.16. The molecule has 0 aromatic heterocycles. The SMILES string of the molecule is CCOc1ccc(NCC(=O)Nc2ccccc2NC(=O)CNc2ccc(OCC)cc2)cc1. The average molecular weight is 463 g/mol. The van der Waals surface area contributed by atoms with Crippen LogP contribution in [0.3, 0.4) is 0 Å². The van der Waals surface area contributed by atoms with Gasteiger partial charge in [-0.25, -0.2) is 0 Å². The van der Waals surface area contributed by atoms with E-state index in [2.05, 4.69) is 21.3 Å². The van der Waals surface area contributed by atoms with Crippen LogP contribution in [0.15, 0.2) is 72.8 Å². The van der Waals surface area contributed by atoms with Crippen molar-refractivity contribution in [3.8, 4) is 11.5 Å². The van der Waals surface area contributed by atoms with Crippen molar-refractivity contribution in [2.24, 2.45) is 0 Å². The lowest BCUT2D eigenvalue weighted by atomic mass is 10.2. The molecule has 0 radical (unpaired) electrons. The van der Waals surface area contributed by atoms with Gasteiger partial charge >= 0.3 is 0 Å². The maximum atomic E-state index is 12.4. The first-order valence-electron chi connectivity index (χ1n) is 11.2. The normalized spacial score (nSPS) is 10.2. The highest BCUT2D eigenvalue weighted by molar-refractivity contribution is 6.01. The van der Waals surface area contributed by atoms with Crippen molar-refractivity contribution in [3.05, 3.63) is 72.8 Å². The van der Waals surface area contributed by atoms with Gasteiger partial charge in [0.25, 0.3) is 0 Å². The van der Waals surface area contributed by atoms with E-state index in [1.807, 2.05) is 62.4 Å². The van der Waals surface area contributed by atoms with Crippen LogP contribution in [0.5, 0.6) is 11.5 Å². The fourth-order valence-corrected chi connectivity index (χ4v) is 3.13. The Morgan fingerprint density at radius 1 is 0.618 bits per heavy atom. The van der Waals surface area contributed by atoms with E-state index in [1.54, 1.807) is 24.3 Å². The van der Waals surface area contributed by atoms with Gasteiger partial charge < -0.3 is 30.7 Å². The second-order valence-electron chi connectivity index (χ2n) is 7.26. The topological polar surface area (TPSA) is 101 Å². The highest BCUT2D eigenvalue weighted by Crippen LogP contribution is 2.21. The molecule has 0 heterocycles. The molecule has 0 aliphatic heterocycles. The maximum absolute atomic E-state index is 12.4. The number of benzene rings is 3. The van der Waals surface area contributed by atoms with Gasteiger partial charge in [0.2, 0.25) is 11.8 Å². The first-order valence-corrected chi connectivity index (χ1v) is 11.2. The molecule has 3 rings (SSSR count). The zero-order valence-corrected chi connectivity index (χ0v) is 19.4. The van der Waals surface area contributed by atoms with Gasteiger partial charge in [-0.3, -0.25) is 9.59 Å². The predicted molar refractivity (Wildman–Crippen MR) is 136 cm³/mol. The Hall–Kier alpha value is -4.20. The third-order valence-electron chi connectivity index (χ3n) is 4.71. The van der Waals surface area contributed by atoms with E-state index in [-0.39, 0.29) is 24.9 Å². The summed E-state index contributed by atoms with van der Waals surface area (Å²) < 4.78 is 10.8. The summed E-state index contributed by atoms with van der Waals surface area (Å²) in [5.74, 6) is 1.09. The molecule has 0 saturated heterocycles. The summed E-state index contributed by atoms with van der Waals surface area (Å²) in [7, 11) is 0. The van der Waals surface area contributed by atoms with Crippen molar-refractivity contribution in [2.75, 3.05) is 47.6 Å². The highest BCUT2D eigenvalue weighted by atomic mass is 16.5. The molecule has 0 aliphatic rings. The molecule has 0 spiro atoms. The van der Waals surface area contributed by atoms with Gasteiger partial charge in [0, 0.05) is 11.4 Å². The summed E-state index contributed by atoms with van der Waals surface area (Å²) >= 11 is 0. The lowest BCUT2D eigenvalue weighted by Gasteiger charge is -2.14. The second-order valence-corrected chi connectivity index (χ2v) is 7.26. The summed E-state index contributed by atoms with van der Waals surface area (Å²) in [5, 5.41) is 11.8. The molecule has 3 aromatic carbocycles. The average Bonchev–Trinajstić information content (AvgIpc) is 2.85. The number of nitrogens with one attached hydrogen (secondary N) is 4.